The SMILES string of the molecule is O=C(c1ccc(Cl)c([N+](=O)[O-])c1)N1N=C2/C(=C/c3ccc(F)cc3)CCC[C@@H]2[C@@H]1c1ccc(F)cc1. The Balaban J connectivity index is 1.59. The Morgan fingerprint density at radius 1 is 1.06 bits per heavy atom. The lowest BCUT2D eigenvalue weighted by atomic mass is 9.77. The molecule has 1 saturated carbocycles. The summed E-state index contributed by atoms with van der Waals surface area (Å²) in [6.07, 6.45) is 4.28. The number of nitro groups is 1. The number of rotatable bonds is 4. The van der Waals surface area contributed by atoms with Gasteiger partial charge in [0.25, 0.3) is 11.6 Å². The van der Waals surface area contributed by atoms with Crippen molar-refractivity contribution in [2.24, 2.45) is 11.0 Å². The molecular formula is C27H20ClF2N3O3. The lowest BCUT2D eigenvalue weighted by Crippen LogP contribution is -2.32. The summed E-state index contributed by atoms with van der Waals surface area (Å²) in [7, 11) is 0. The lowest BCUT2D eigenvalue weighted by Gasteiger charge is -2.29. The molecule has 0 saturated heterocycles. The number of fused-ring (bicyclic) bond motifs is 1. The standard InChI is InChI=1S/C27H20ClF2N3O3/c28-23-13-8-19(15-24(23)33(35)36)27(34)32-26(17-6-11-21(30)12-7-17)22-3-1-2-18(25(22)31-32)14-16-4-9-20(29)10-5-16/h4-15,22,26H,1-3H2/b18-14+/t22-,26-/m0/s1. The molecule has 0 unspecified atom stereocenters. The average molecular weight is 508 g/mol. The van der Waals surface area contributed by atoms with E-state index in [-0.39, 0.29) is 28.0 Å². The quantitative estimate of drug-likeness (QED) is 0.283. The molecular weight excluding hydrogens is 488 g/mol. The number of amides is 1. The molecule has 1 amide bonds. The lowest BCUT2D eigenvalue weighted by molar-refractivity contribution is -0.384. The van der Waals surface area contributed by atoms with E-state index in [0.717, 1.165) is 42.2 Å². The third kappa shape index (κ3) is 4.52. The smallest absolute Gasteiger partial charge is 0.267 e. The fraction of sp³-hybridized carbons (Fsp3) is 0.185. The van der Waals surface area contributed by atoms with Crippen LogP contribution in [0.1, 0.15) is 46.8 Å². The van der Waals surface area contributed by atoms with Gasteiger partial charge in [0.2, 0.25) is 0 Å². The number of nitrogens with zero attached hydrogens (tertiary/aromatic N) is 3. The number of benzene rings is 3. The molecule has 3 aromatic carbocycles. The molecule has 2 atom stereocenters. The van der Waals surface area contributed by atoms with Gasteiger partial charge in [-0.05, 0) is 78.4 Å². The van der Waals surface area contributed by atoms with Crippen molar-refractivity contribution >= 4 is 35.0 Å². The van der Waals surface area contributed by atoms with Crippen LogP contribution in [0, 0.1) is 27.7 Å². The van der Waals surface area contributed by atoms with Crippen LogP contribution in [-0.2, 0) is 0 Å². The second-order valence-corrected chi connectivity index (χ2v) is 9.18. The summed E-state index contributed by atoms with van der Waals surface area (Å²) in [5, 5.41) is 17.4. The fourth-order valence-electron chi connectivity index (χ4n) is 4.84. The second-order valence-electron chi connectivity index (χ2n) is 8.77. The molecule has 1 heterocycles. The van der Waals surface area contributed by atoms with Gasteiger partial charge in [-0.25, -0.2) is 13.8 Å². The highest BCUT2D eigenvalue weighted by molar-refractivity contribution is 6.32. The number of carbonyl (C=O) groups is 1. The average Bonchev–Trinajstić information content (AvgIpc) is 3.26. The predicted octanol–water partition coefficient (Wildman–Crippen LogP) is 6.96. The molecule has 9 heteroatoms. The van der Waals surface area contributed by atoms with Crippen molar-refractivity contribution in [3.63, 3.8) is 0 Å². The third-order valence-corrected chi connectivity index (χ3v) is 6.84. The van der Waals surface area contributed by atoms with Crippen LogP contribution in [0.5, 0.6) is 0 Å². The van der Waals surface area contributed by atoms with Gasteiger partial charge >= 0.3 is 0 Å². The van der Waals surface area contributed by atoms with E-state index in [1.807, 2.05) is 6.08 Å². The first kappa shape index (κ1) is 23.8. The number of hydrazone groups is 1. The summed E-state index contributed by atoms with van der Waals surface area (Å²) in [6.45, 7) is 0. The number of carbonyl (C=O) groups excluding carboxylic acids is 1. The molecule has 1 fully saturated rings. The Labute approximate surface area is 210 Å². The van der Waals surface area contributed by atoms with Gasteiger partial charge in [-0.1, -0.05) is 35.9 Å². The van der Waals surface area contributed by atoms with Crippen molar-refractivity contribution in [1.82, 2.24) is 5.01 Å². The largest absolute Gasteiger partial charge is 0.288 e. The number of hydrogen-bond donors (Lipinski definition) is 0. The summed E-state index contributed by atoms with van der Waals surface area (Å²) in [5.41, 5.74) is 2.89. The van der Waals surface area contributed by atoms with Crippen LogP contribution in [0.15, 0.2) is 77.4 Å². The van der Waals surface area contributed by atoms with Crippen molar-refractivity contribution < 1.29 is 18.5 Å². The van der Waals surface area contributed by atoms with Crippen LogP contribution < -0.4 is 0 Å². The molecule has 5 rings (SSSR count). The van der Waals surface area contributed by atoms with E-state index in [1.54, 1.807) is 24.3 Å². The zero-order valence-electron chi connectivity index (χ0n) is 18.9. The Kier molecular flexibility index (Phi) is 6.36. The van der Waals surface area contributed by atoms with Crippen LogP contribution >= 0.6 is 11.6 Å². The van der Waals surface area contributed by atoms with E-state index in [2.05, 4.69) is 0 Å². The summed E-state index contributed by atoms with van der Waals surface area (Å²) in [6, 6.07) is 15.4. The summed E-state index contributed by atoms with van der Waals surface area (Å²) >= 11 is 5.94. The predicted molar refractivity (Wildman–Crippen MR) is 133 cm³/mol. The summed E-state index contributed by atoms with van der Waals surface area (Å²) in [4.78, 5) is 24.4. The minimum atomic E-state index is -0.643. The minimum absolute atomic E-state index is 0.0717. The van der Waals surface area contributed by atoms with Crippen LogP contribution in [0.3, 0.4) is 0 Å². The van der Waals surface area contributed by atoms with Crippen LogP contribution in [0.2, 0.25) is 5.02 Å². The molecule has 6 nitrogen and oxygen atoms in total. The van der Waals surface area contributed by atoms with Gasteiger partial charge in [0.05, 0.1) is 16.7 Å². The molecule has 0 spiro atoms. The van der Waals surface area contributed by atoms with Gasteiger partial charge in [0, 0.05) is 17.5 Å². The molecule has 0 aromatic heterocycles. The maximum atomic E-state index is 13.7. The number of nitro benzene ring substituents is 1. The number of halogens is 3. The second kappa shape index (κ2) is 9.62. The summed E-state index contributed by atoms with van der Waals surface area (Å²) < 4.78 is 27.1. The van der Waals surface area contributed by atoms with Crippen molar-refractivity contribution in [1.29, 1.82) is 0 Å². The zero-order chi connectivity index (χ0) is 25.4. The molecule has 0 radical (unpaired) electrons. The molecule has 2 aliphatic rings. The Bertz CT molecular complexity index is 1400. The van der Waals surface area contributed by atoms with Gasteiger partial charge in [-0.15, -0.1) is 0 Å². The first-order valence-electron chi connectivity index (χ1n) is 11.4. The summed E-state index contributed by atoms with van der Waals surface area (Å²) in [5.74, 6) is -1.40. The highest BCUT2D eigenvalue weighted by Gasteiger charge is 2.44. The Morgan fingerprint density at radius 3 is 2.39 bits per heavy atom. The normalized spacial score (nSPS) is 20.2. The van der Waals surface area contributed by atoms with Gasteiger partial charge in [0.1, 0.15) is 16.7 Å². The van der Waals surface area contributed by atoms with Crippen LogP contribution in [0.25, 0.3) is 6.08 Å². The van der Waals surface area contributed by atoms with E-state index >= 15 is 0 Å². The first-order valence-corrected chi connectivity index (χ1v) is 11.8. The van der Waals surface area contributed by atoms with Gasteiger partial charge in [0.15, 0.2) is 0 Å². The number of allylic oxidation sites excluding steroid dienone is 1. The molecule has 1 aliphatic heterocycles. The maximum absolute atomic E-state index is 13.7. The van der Waals surface area contributed by atoms with E-state index in [9.17, 15) is 23.7 Å². The van der Waals surface area contributed by atoms with Gasteiger partial charge in [-0.2, -0.15) is 5.10 Å². The van der Waals surface area contributed by atoms with Gasteiger partial charge in [-0.3, -0.25) is 14.9 Å². The molecule has 182 valence electrons. The molecule has 1 aliphatic carbocycles. The van der Waals surface area contributed by atoms with Crippen molar-refractivity contribution in [3.8, 4) is 0 Å². The third-order valence-electron chi connectivity index (χ3n) is 6.52. The van der Waals surface area contributed by atoms with Crippen LogP contribution in [0.4, 0.5) is 14.5 Å². The highest BCUT2D eigenvalue weighted by Crippen LogP contribution is 2.45. The minimum Gasteiger partial charge on any atom is -0.267 e. The maximum Gasteiger partial charge on any atom is 0.288 e. The topological polar surface area (TPSA) is 75.8 Å². The zero-order valence-corrected chi connectivity index (χ0v) is 19.7. The molecule has 36 heavy (non-hydrogen) atoms. The fourth-order valence-corrected chi connectivity index (χ4v) is 5.03. The van der Waals surface area contributed by atoms with E-state index in [1.165, 1.54) is 41.4 Å². The van der Waals surface area contributed by atoms with E-state index < -0.39 is 22.7 Å². The monoisotopic (exact) mass is 507 g/mol. The molecule has 0 N–H and O–H groups in total. The highest BCUT2D eigenvalue weighted by atomic mass is 35.5. The van der Waals surface area contributed by atoms with Crippen molar-refractivity contribution in [2.45, 2.75) is 25.3 Å². The van der Waals surface area contributed by atoms with Crippen molar-refractivity contribution in [3.05, 3.63) is 116 Å². The van der Waals surface area contributed by atoms with Crippen molar-refractivity contribution in [2.75, 3.05) is 0 Å². The van der Waals surface area contributed by atoms with Crippen LogP contribution in [-0.4, -0.2) is 21.6 Å². The van der Waals surface area contributed by atoms with E-state index in [4.69, 9.17) is 16.7 Å². The van der Waals surface area contributed by atoms with E-state index in [0.29, 0.717) is 5.56 Å². The molecule has 3 aromatic rings. The molecule has 0 bridgehead atoms. The first-order chi connectivity index (χ1) is 17.3. The van der Waals surface area contributed by atoms with Gasteiger partial charge < -0.3 is 0 Å². The number of hydrogen-bond acceptors (Lipinski definition) is 4. The Morgan fingerprint density at radius 2 is 1.72 bits per heavy atom. The Hall–Kier alpha value is -3.91.